The smallest absolute Gasteiger partial charge is 0.329 e. The van der Waals surface area contributed by atoms with Crippen LogP contribution in [-0.2, 0) is 4.74 Å². The highest BCUT2D eigenvalue weighted by atomic mass is 35.5. The quantitative estimate of drug-likeness (QED) is 0.862. The summed E-state index contributed by atoms with van der Waals surface area (Å²) in [5, 5.41) is 0.155. The van der Waals surface area contributed by atoms with E-state index in [4.69, 9.17) is 16.3 Å². The summed E-state index contributed by atoms with van der Waals surface area (Å²) in [6.45, 7) is 6.36. The van der Waals surface area contributed by atoms with E-state index in [0.29, 0.717) is 25.0 Å². The predicted molar refractivity (Wildman–Crippen MR) is 74.1 cm³/mol. The lowest BCUT2D eigenvalue weighted by Gasteiger charge is -2.35. The van der Waals surface area contributed by atoms with Crippen LogP contribution in [-0.4, -0.2) is 22.3 Å². The fraction of sp³-hybridized carbons (Fsp3) is 0.692. The summed E-state index contributed by atoms with van der Waals surface area (Å²) in [5.74, 6) is -0.0223. The maximum atomic E-state index is 12.4. The van der Waals surface area contributed by atoms with Crippen LogP contribution in [0.5, 0.6) is 0 Å². The highest BCUT2D eigenvalue weighted by molar-refractivity contribution is 6.30. The largest absolute Gasteiger partial charge is 0.378 e. The lowest BCUT2D eigenvalue weighted by Crippen LogP contribution is -2.46. The van der Waals surface area contributed by atoms with Gasteiger partial charge in [0.1, 0.15) is 5.15 Å². The molecular weight excluding hydrogens is 268 g/mol. The van der Waals surface area contributed by atoms with Crippen LogP contribution in [0.2, 0.25) is 5.15 Å². The summed E-state index contributed by atoms with van der Waals surface area (Å²) < 4.78 is 6.75. The molecule has 19 heavy (non-hydrogen) atoms. The van der Waals surface area contributed by atoms with Gasteiger partial charge in [0.05, 0.1) is 11.7 Å². The van der Waals surface area contributed by atoms with Gasteiger partial charge in [0, 0.05) is 12.6 Å². The number of hydrogen-bond acceptors (Lipinski definition) is 3. The number of H-pyrrole nitrogens is 1. The van der Waals surface area contributed by atoms with Gasteiger partial charge < -0.3 is 4.74 Å². The number of ether oxygens (including phenoxy) is 1. The van der Waals surface area contributed by atoms with Gasteiger partial charge >= 0.3 is 5.69 Å². The number of hydrogen-bond donors (Lipinski definition) is 1. The monoisotopic (exact) mass is 286 g/mol. The Morgan fingerprint density at radius 3 is 2.58 bits per heavy atom. The van der Waals surface area contributed by atoms with Crippen molar-refractivity contribution in [3.63, 3.8) is 0 Å². The van der Waals surface area contributed by atoms with Gasteiger partial charge in [-0.25, -0.2) is 4.79 Å². The maximum absolute atomic E-state index is 12.4. The molecule has 1 N–H and O–H groups in total. The third-order valence-electron chi connectivity index (χ3n) is 3.54. The van der Waals surface area contributed by atoms with E-state index >= 15 is 0 Å². The second-order valence-corrected chi connectivity index (χ2v) is 5.57. The molecular formula is C13H19ClN2O3. The second-order valence-electron chi connectivity index (χ2n) is 5.19. The summed E-state index contributed by atoms with van der Waals surface area (Å²) in [6.07, 6.45) is 1.56. The van der Waals surface area contributed by atoms with E-state index in [1.54, 1.807) is 0 Å². The molecule has 0 saturated heterocycles. The molecule has 0 atom stereocenters. The van der Waals surface area contributed by atoms with E-state index in [9.17, 15) is 9.59 Å². The average molecular weight is 287 g/mol. The number of nitrogens with zero attached hydrogens (tertiary/aromatic N) is 1. The van der Waals surface area contributed by atoms with Crippen molar-refractivity contribution < 1.29 is 4.74 Å². The van der Waals surface area contributed by atoms with E-state index in [2.05, 4.69) is 4.98 Å². The SMILES string of the molecule is CCOC1CC(n2c(=O)[nH]c(Cl)c(C(C)C)c2=O)C1. The number of halogens is 1. The minimum atomic E-state index is -0.431. The molecule has 0 spiro atoms. The van der Waals surface area contributed by atoms with Crippen LogP contribution < -0.4 is 11.2 Å². The summed E-state index contributed by atoms with van der Waals surface area (Å²) in [7, 11) is 0. The van der Waals surface area contributed by atoms with Gasteiger partial charge in [-0.05, 0) is 25.7 Å². The summed E-state index contributed by atoms with van der Waals surface area (Å²) in [4.78, 5) is 26.8. The van der Waals surface area contributed by atoms with Crippen molar-refractivity contribution in [1.29, 1.82) is 0 Å². The second kappa shape index (κ2) is 5.51. The predicted octanol–water partition coefficient (Wildman–Crippen LogP) is 2.05. The lowest BCUT2D eigenvalue weighted by atomic mass is 9.88. The third kappa shape index (κ3) is 2.62. The number of rotatable bonds is 4. The maximum Gasteiger partial charge on any atom is 0.329 e. The topological polar surface area (TPSA) is 64.1 Å². The average Bonchev–Trinajstić information content (AvgIpc) is 2.24. The zero-order valence-corrected chi connectivity index (χ0v) is 12.2. The molecule has 0 aliphatic heterocycles. The molecule has 1 fully saturated rings. The van der Waals surface area contributed by atoms with Gasteiger partial charge in [-0.3, -0.25) is 14.3 Å². The fourth-order valence-electron chi connectivity index (χ4n) is 2.49. The van der Waals surface area contributed by atoms with E-state index in [1.807, 2.05) is 20.8 Å². The van der Waals surface area contributed by atoms with Gasteiger partial charge in [0.25, 0.3) is 5.56 Å². The summed E-state index contributed by atoms with van der Waals surface area (Å²) in [6, 6.07) is -0.0810. The Kier molecular flexibility index (Phi) is 4.16. The molecule has 5 nitrogen and oxygen atoms in total. The molecule has 0 aromatic carbocycles. The molecule has 2 rings (SSSR count). The number of nitrogens with one attached hydrogen (secondary N) is 1. The Morgan fingerprint density at radius 1 is 1.42 bits per heavy atom. The van der Waals surface area contributed by atoms with Gasteiger partial charge in [-0.1, -0.05) is 25.4 Å². The first kappa shape index (κ1) is 14.3. The van der Waals surface area contributed by atoms with Crippen molar-refractivity contribution in [3.05, 3.63) is 31.6 Å². The number of aromatic nitrogens is 2. The Labute approximate surface area is 116 Å². The molecule has 1 aromatic rings. The van der Waals surface area contributed by atoms with Crippen molar-refractivity contribution in [2.24, 2.45) is 0 Å². The van der Waals surface area contributed by atoms with Crippen LogP contribution in [0.1, 0.15) is 51.1 Å². The summed E-state index contributed by atoms with van der Waals surface area (Å²) >= 11 is 5.95. The standard InChI is InChI=1S/C13H19ClN2O3/c1-4-19-9-5-8(6-9)16-12(17)10(7(2)3)11(14)15-13(16)18/h7-9H,4-6H2,1-3H3,(H,15,18). The van der Waals surface area contributed by atoms with Crippen molar-refractivity contribution in [2.45, 2.75) is 51.7 Å². The molecule has 0 bridgehead atoms. The van der Waals surface area contributed by atoms with E-state index in [0.717, 1.165) is 0 Å². The van der Waals surface area contributed by atoms with Crippen molar-refractivity contribution in [1.82, 2.24) is 9.55 Å². The molecule has 1 aliphatic rings. The minimum absolute atomic E-state index is 0.0223. The normalized spacial score (nSPS) is 22.6. The van der Waals surface area contributed by atoms with Crippen LogP contribution in [0, 0.1) is 0 Å². The first-order valence-corrected chi connectivity index (χ1v) is 6.99. The zero-order chi connectivity index (χ0) is 14.2. The zero-order valence-electron chi connectivity index (χ0n) is 11.4. The molecule has 1 aliphatic carbocycles. The van der Waals surface area contributed by atoms with Crippen LogP contribution in [0.3, 0.4) is 0 Å². The molecule has 1 saturated carbocycles. The van der Waals surface area contributed by atoms with Crippen molar-refractivity contribution in [2.75, 3.05) is 6.61 Å². The van der Waals surface area contributed by atoms with Gasteiger partial charge in [-0.15, -0.1) is 0 Å². The minimum Gasteiger partial charge on any atom is -0.378 e. The molecule has 6 heteroatoms. The molecule has 1 heterocycles. The first-order chi connectivity index (χ1) is 8.95. The Bertz CT molecular complexity index is 570. The highest BCUT2D eigenvalue weighted by Crippen LogP contribution is 2.33. The van der Waals surface area contributed by atoms with Crippen molar-refractivity contribution in [3.8, 4) is 0 Å². The lowest BCUT2D eigenvalue weighted by molar-refractivity contribution is -0.0216. The summed E-state index contributed by atoms with van der Waals surface area (Å²) in [5.41, 5.74) is -0.232. The molecule has 0 amide bonds. The molecule has 1 aromatic heterocycles. The van der Waals surface area contributed by atoms with Crippen LogP contribution >= 0.6 is 11.6 Å². The molecule has 0 unspecified atom stereocenters. The fourth-order valence-corrected chi connectivity index (χ4v) is 2.87. The highest BCUT2D eigenvalue weighted by Gasteiger charge is 2.33. The number of aromatic amines is 1. The van der Waals surface area contributed by atoms with E-state index in [-0.39, 0.29) is 28.8 Å². The van der Waals surface area contributed by atoms with Crippen LogP contribution in [0.25, 0.3) is 0 Å². The Hall–Kier alpha value is -1.07. The first-order valence-electron chi connectivity index (χ1n) is 6.61. The van der Waals surface area contributed by atoms with Gasteiger partial charge in [0.15, 0.2) is 0 Å². The third-order valence-corrected chi connectivity index (χ3v) is 3.83. The van der Waals surface area contributed by atoms with Gasteiger partial charge in [-0.2, -0.15) is 0 Å². The van der Waals surface area contributed by atoms with Crippen molar-refractivity contribution >= 4 is 11.6 Å². The molecule has 0 radical (unpaired) electrons. The Morgan fingerprint density at radius 2 is 2.05 bits per heavy atom. The van der Waals surface area contributed by atoms with Crippen LogP contribution in [0.15, 0.2) is 9.59 Å². The molecule has 106 valence electrons. The van der Waals surface area contributed by atoms with E-state index in [1.165, 1.54) is 4.57 Å². The van der Waals surface area contributed by atoms with E-state index < -0.39 is 5.69 Å². The Balaban J connectivity index is 2.35. The van der Waals surface area contributed by atoms with Gasteiger partial charge in [0.2, 0.25) is 0 Å². The van der Waals surface area contributed by atoms with Crippen LogP contribution in [0.4, 0.5) is 0 Å².